The third kappa shape index (κ3) is 5.29. The van der Waals surface area contributed by atoms with Crippen LogP contribution in [-0.4, -0.2) is 43.2 Å². The van der Waals surface area contributed by atoms with E-state index in [2.05, 4.69) is 4.74 Å². The molecule has 0 aromatic rings. The van der Waals surface area contributed by atoms with E-state index in [-0.39, 0.29) is 0 Å². The van der Waals surface area contributed by atoms with Gasteiger partial charge in [-0.05, 0) is 0 Å². The highest BCUT2D eigenvalue weighted by molar-refractivity contribution is 5.70. The van der Waals surface area contributed by atoms with Crippen LogP contribution in [0.4, 0.5) is 57.1 Å². The number of alkyl halides is 10. The van der Waals surface area contributed by atoms with Gasteiger partial charge in [0.15, 0.2) is 0 Å². The molecule has 0 heterocycles. The van der Waals surface area contributed by atoms with Crippen molar-refractivity contribution in [2.75, 3.05) is 7.11 Å². The van der Waals surface area contributed by atoms with Gasteiger partial charge in [-0.3, -0.25) is 9.53 Å². The van der Waals surface area contributed by atoms with Crippen molar-refractivity contribution in [2.24, 2.45) is 0 Å². The Hall–Kier alpha value is -1.94. The Morgan fingerprint density at radius 2 is 1.26 bits per heavy atom. The minimum atomic E-state index is -7.35. The molecule has 27 heavy (non-hydrogen) atoms. The zero-order valence-corrected chi connectivity index (χ0v) is 12.3. The molecule has 0 aliphatic heterocycles. The number of methoxy groups -OCH3 is 1. The first-order valence-corrected chi connectivity index (χ1v) is 5.80. The maximum Gasteiger partial charge on any atom is 0.471 e. The zero-order chi connectivity index (χ0) is 22.1. The molecule has 0 fully saturated rings. The summed E-state index contributed by atoms with van der Waals surface area (Å²) in [5.74, 6) is -15.6. The van der Waals surface area contributed by atoms with Crippen molar-refractivity contribution in [3.05, 3.63) is 12.1 Å². The first-order valence-electron chi connectivity index (χ1n) is 5.80. The number of carbonyl (C=O) groups excluding carboxylic acids is 1. The van der Waals surface area contributed by atoms with Crippen molar-refractivity contribution in [3.8, 4) is 0 Å². The molecule has 0 N–H and O–H groups in total. The van der Waals surface area contributed by atoms with E-state index in [1.54, 1.807) is 0 Å². The Bertz CT molecular complexity index is 580. The predicted molar refractivity (Wildman–Crippen MR) is 53.9 cm³/mol. The summed E-state index contributed by atoms with van der Waals surface area (Å²) >= 11 is 0. The molecule has 0 saturated heterocycles. The van der Waals surface area contributed by atoms with Gasteiger partial charge in [0.2, 0.25) is 0 Å². The topological polar surface area (TPSA) is 44.8 Å². The number of hydrogen-bond acceptors (Lipinski definition) is 4. The molecule has 0 aliphatic carbocycles. The van der Waals surface area contributed by atoms with Crippen LogP contribution in [0, 0.1) is 0 Å². The van der Waals surface area contributed by atoms with Gasteiger partial charge in [-0.25, -0.2) is 0 Å². The normalized spacial score (nSPS) is 15.8. The van der Waals surface area contributed by atoms with Crippen LogP contribution in [0.2, 0.25) is 0 Å². The summed E-state index contributed by atoms with van der Waals surface area (Å²) in [4.78, 5) is 10.5. The van der Waals surface area contributed by atoms with Gasteiger partial charge in [-0.2, -0.15) is 57.1 Å². The van der Waals surface area contributed by atoms with Crippen molar-refractivity contribution in [2.45, 2.75) is 36.6 Å². The average molecular weight is 436 g/mol. The largest absolute Gasteiger partial charge is 0.471 e. The molecule has 0 radical (unpaired) electrons. The van der Waals surface area contributed by atoms with Crippen LogP contribution in [-0.2, 0) is 19.0 Å². The second-order valence-electron chi connectivity index (χ2n) is 4.32. The number of esters is 1. The minimum absolute atomic E-state index is 0.356. The molecule has 0 amide bonds. The molecule has 0 aromatic carbocycles. The number of carbonyl (C=O) groups is 1. The van der Waals surface area contributed by atoms with Crippen LogP contribution in [0.1, 0.15) is 6.42 Å². The van der Waals surface area contributed by atoms with E-state index < -0.39 is 54.7 Å². The van der Waals surface area contributed by atoms with E-state index in [9.17, 15) is 61.9 Å². The van der Waals surface area contributed by atoms with Crippen molar-refractivity contribution in [1.82, 2.24) is 0 Å². The van der Waals surface area contributed by atoms with Crippen LogP contribution in [0.15, 0.2) is 12.1 Å². The summed E-state index contributed by atoms with van der Waals surface area (Å²) < 4.78 is 173. The number of ether oxygens (including phenoxy) is 3. The Morgan fingerprint density at radius 1 is 0.815 bits per heavy atom. The lowest BCUT2D eigenvalue weighted by Crippen LogP contribution is -2.63. The lowest BCUT2D eigenvalue weighted by molar-refractivity contribution is -0.516. The molecule has 160 valence electrons. The van der Waals surface area contributed by atoms with Gasteiger partial charge in [0, 0.05) is 0 Å². The molecule has 0 spiro atoms. The highest BCUT2D eigenvalue weighted by Crippen LogP contribution is 2.53. The standard InChI is InChI=1S/C10H5F13O4/c1-25-3(24)2-6(14,15)9(20,21)27-7(16,8(17,18)19)10(22,23)26-5(13)4(11)12/h2H2,1H3. The van der Waals surface area contributed by atoms with Crippen LogP contribution in [0.25, 0.3) is 0 Å². The van der Waals surface area contributed by atoms with E-state index in [0.717, 1.165) is 0 Å². The van der Waals surface area contributed by atoms with Crippen LogP contribution >= 0.6 is 0 Å². The van der Waals surface area contributed by atoms with Crippen molar-refractivity contribution < 1.29 is 76.1 Å². The molecule has 0 aliphatic rings. The maximum atomic E-state index is 13.6. The van der Waals surface area contributed by atoms with Crippen molar-refractivity contribution in [1.29, 1.82) is 0 Å². The lowest BCUT2D eigenvalue weighted by atomic mass is 10.2. The molecule has 0 saturated carbocycles. The second kappa shape index (κ2) is 7.59. The highest BCUT2D eigenvalue weighted by atomic mass is 19.4. The second-order valence-corrected chi connectivity index (χ2v) is 4.32. The molecule has 1 atom stereocenters. The van der Waals surface area contributed by atoms with E-state index in [1.165, 1.54) is 0 Å². The van der Waals surface area contributed by atoms with E-state index >= 15 is 0 Å². The molecular weight excluding hydrogens is 431 g/mol. The van der Waals surface area contributed by atoms with Gasteiger partial charge in [-0.15, -0.1) is 0 Å². The van der Waals surface area contributed by atoms with Gasteiger partial charge in [-0.1, -0.05) is 0 Å². The molecule has 0 aromatic heterocycles. The van der Waals surface area contributed by atoms with E-state index in [1.807, 2.05) is 9.47 Å². The molecule has 1 unspecified atom stereocenters. The summed E-state index contributed by atoms with van der Waals surface area (Å²) in [6, 6.07) is -3.85. The number of rotatable bonds is 8. The van der Waals surface area contributed by atoms with Gasteiger partial charge in [0.05, 0.1) is 7.11 Å². The van der Waals surface area contributed by atoms with Crippen molar-refractivity contribution >= 4 is 5.97 Å². The highest BCUT2D eigenvalue weighted by Gasteiger charge is 2.81. The summed E-state index contributed by atoms with van der Waals surface area (Å²) in [6.45, 7) is 0. The van der Waals surface area contributed by atoms with Gasteiger partial charge in [0.25, 0.3) is 0 Å². The minimum Gasteiger partial charge on any atom is -0.469 e. The fourth-order valence-corrected chi connectivity index (χ4v) is 1.11. The van der Waals surface area contributed by atoms with E-state index in [0.29, 0.717) is 7.11 Å². The molecule has 0 rings (SSSR count). The Morgan fingerprint density at radius 3 is 1.59 bits per heavy atom. The molecule has 0 bridgehead atoms. The molecule has 17 heteroatoms. The Labute approximate surface area is 139 Å². The quantitative estimate of drug-likeness (QED) is 0.315. The smallest absolute Gasteiger partial charge is 0.469 e. The summed E-state index contributed by atoms with van der Waals surface area (Å²) in [5.41, 5.74) is 0. The maximum absolute atomic E-state index is 13.6. The monoisotopic (exact) mass is 436 g/mol. The van der Waals surface area contributed by atoms with Gasteiger partial charge in [0.1, 0.15) is 6.42 Å². The zero-order valence-electron chi connectivity index (χ0n) is 12.3. The third-order valence-electron chi connectivity index (χ3n) is 2.39. The number of halogens is 13. The fourth-order valence-electron chi connectivity index (χ4n) is 1.11. The SMILES string of the molecule is COC(=O)CC(F)(F)C(F)(F)OC(F)(C(F)(F)F)C(F)(F)OC(F)=C(F)F. The fraction of sp³-hybridized carbons (Fsp3) is 0.700. The summed E-state index contributed by atoms with van der Waals surface area (Å²) in [6.07, 6.45) is -27.9. The summed E-state index contributed by atoms with van der Waals surface area (Å²) in [5, 5.41) is 0. The third-order valence-corrected chi connectivity index (χ3v) is 2.39. The predicted octanol–water partition coefficient (Wildman–Crippen LogP) is 4.67. The van der Waals surface area contributed by atoms with Crippen LogP contribution in [0.3, 0.4) is 0 Å². The molecular formula is C10H5F13O4. The van der Waals surface area contributed by atoms with Crippen LogP contribution < -0.4 is 0 Å². The number of hydrogen-bond donors (Lipinski definition) is 0. The first kappa shape index (κ1) is 25.1. The van der Waals surface area contributed by atoms with Gasteiger partial charge >= 0.3 is 48.2 Å². The van der Waals surface area contributed by atoms with Gasteiger partial charge < -0.3 is 9.47 Å². The van der Waals surface area contributed by atoms with Crippen LogP contribution in [0.5, 0.6) is 0 Å². The Balaban J connectivity index is 6.11. The lowest BCUT2D eigenvalue weighted by Gasteiger charge is -2.37. The first-order chi connectivity index (χ1) is 11.7. The summed E-state index contributed by atoms with van der Waals surface area (Å²) in [7, 11) is 0.356. The van der Waals surface area contributed by atoms with E-state index in [4.69, 9.17) is 0 Å². The van der Waals surface area contributed by atoms with Crippen molar-refractivity contribution in [3.63, 3.8) is 0 Å². The molecule has 4 nitrogen and oxygen atoms in total. The Kier molecular flexibility index (Phi) is 7.04. The average Bonchev–Trinajstić information content (AvgIpc) is 2.43.